The van der Waals surface area contributed by atoms with Crippen molar-refractivity contribution in [2.75, 3.05) is 39.8 Å². The Balaban J connectivity index is 1.41. The second-order valence-electron chi connectivity index (χ2n) is 31.4. The maximum atomic E-state index is 15.2. The van der Waals surface area contributed by atoms with Gasteiger partial charge >= 0.3 is 5.97 Å². The number of unbranched alkanes of at least 4 members (excludes halogenated alkanes) is 1. The number of likely N-dealkylation sites (tertiary alicyclic amines) is 2. The molecule has 41 nitrogen and oxygen atoms in total. The van der Waals surface area contributed by atoms with Gasteiger partial charge in [-0.05, 0) is 156 Å². The molecule has 27 N–H and O–H groups in total. The van der Waals surface area contributed by atoms with Crippen LogP contribution < -0.4 is 98.2 Å². The molecule has 3 saturated heterocycles. The van der Waals surface area contributed by atoms with Gasteiger partial charge in [-0.1, -0.05) is 72.2 Å². The summed E-state index contributed by atoms with van der Waals surface area (Å²) in [4.78, 5) is 235. The van der Waals surface area contributed by atoms with E-state index in [0.29, 0.717) is 24.0 Å². The number of carboxylic acids is 1. The molecule has 0 radical (unpaired) electrons. The Morgan fingerprint density at radius 2 is 0.883 bits per heavy atom. The number of aliphatic carboxylic acids is 1. The number of rotatable bonds is 50. The maximum absolute atomic E-state index is 15.2. The highest BCUT2D eigenvalue weighted by molar-refractivity contribution is 6.01. The third-order valence-corrected chi connectivity index (χ3v) is 20.7. The third-order valence-electron chi connectivity index (χ3n) is 20.7. The lowest BCUT2D eigenvalue weighted by atomic mass is 9.95. The van der Waals surface area contributed by atoms with E-state index in [4.69, 9.17) is 34.4 Å². The van der Waals surface area contributed by atoms with Crippen molar-refractivity contribution < 1.29 is 92.0 Å². The van der Waals surface area contributed by atoms with E-state index in [0.717, 1.165) is 0 Å². The molecule has 0 aliphatic carbocycles. The van der Waals surface area contributed by atoms with Crippen LogP contribution in [-0.2, 0) is 89.6 Å². The van der Waals surface area contributed by atoms with Crippen LogP contribution in [0, 0.1) is 17.8 Å². The Morgan fingerprint density at radius 3 is 1.33 bits per heavy atom. The number of phenolic OH excluding ortho intramolecular Hbond substituents is 2. The van der Waals surface area contributed by atoms with E-state index in [1.54, 1.807) is 20.8 Å². The first-order valence-electron chi connectivity index (χ1n) is 40.9. The summed E-state index contributed by atoms with van der Waals surface area (Å²) in [7, 11) is 1.44. The smallest absolute Gasteiger partial charge is 0.303 e. The molecule has 14 atom stereocenters. The van der Waals surface area contributed by atoms with Gasteiger partial charge in [-0.15, -0.1) is 0 Å². The van der Waals surface area contributed by atoms with E-state index in [-0.39, 0.29) is 177 Å². The van der Waals surface area contributed by atoms with Crippen LogP contribution in [-0.4, -0.2) is 250 Å². The number of carbonyl (C=O) groups is 16. The molecule has 15 amide bonds. The highest BCUT2D eigenvalue weighted by Crippen LogP contribution is 2.25. The summed E-state index contributed by atoms with van der Waals surface area (Å²) < 4.78 is 0. The summed E-state index contributed by atoms with van der Waals surface area (Å²) in [5, 5.41) is 61.7. The Bertz CT molecular complexity index is 3930. The second-order valence-corrected chi connectivity index (χ2v) is 31.4. The first kappa shape index (κ1) is 98.6. The van der Waals surface area contributed by atoms with Gasteiger partial charge in [-0.3, -0.25) is 86.7 Å². The summed E-state index contributed by atoms with van der Waals surface area (Å²) in [6, 6.07) is -6.77. The van der Waals surface area contributed by atoms with Gasteiger partial charge in [0.15, 0.2) is 11.9 Å². The molecule has 3 heterocycles. The van der Waals surface area contributed by atoms with E-state index in [9.17, 15) is 82.4 Å². The minimum atomic E-state index is -1.93. The predicted octanol–water partition coefficient (Wildman–Crippen LogP) is -4.15. The molecule has 2 aromatic carbocycles. The fourth-order valence-electron chi connectivity index (χ4n) is 14.2. The van der Waals surface area contributed by atoms with Gasteiger partial charge in [0, 0.05) is 58.9 Å². The van der Waals surface area contributed by atoms with Crippen LogP contribution in [0.5, 0.6) is 11.5 Å². The molecule has 664 valence electrons. The number of primary amides is 1. The molecule has 0 aromatic heterocycles. The molecule has 3 aliphatic heterocycles. The molecular weight excluding hydrogens is 1560 g/mol. The number of nitrogens with one attached hydrogen (secondary N) is 12. The minimum absolute atomic E-state index is 0.00650. The number of carbonyl (C=O) groups excluding carboxylic acids is 15. The van der Waals surface area contributed by atoms with Gasteiger partial charge in [0.2, 0.25) is 88.6 Å². The fraction of sp³-hybridized carbons (Fsp3) is 0.620. The van der Waals surface area contributed by atoms with Crippen LogP contribution >= 0.6 is 0 Å². The average molecular weight is 1690 g/mol. The van der Waals surface area contributed by atoms with Gasteiger partial charge in [0.05, 0.1) is 6.42 Å². The van der Waals surface area contributed by atoms with E-state index in [1.165, 1.54) is 65.4 Å². The number of guanidine groups is 2. The Labute approximate surface area is 697 Å². The molecule has 0 spiro atoms. The van der Waals surface area contributed by atoms with Gasteiger partial charge in [-0.25, -0.2) is 0 Å². The maximum Gasteiger partial charge on any atom is 0.303 e. The minimum Gasteiger partial charge on any atom is -0.508 e. The van der Waals surface area contributed by atoms with Crippen LogP contribution in [0.1, 0.15) is 175 Å². The van der Waals surface area contributed by atoms with Crippen molar-refractivity contribution in [1.29, 1.82) is 0 Å². The highest BCUT2D eigenvalue weighted by atomic mass is 16.4. The number of aliphatic imine (C=N–C) groups is 2. The van der Waals surface area contributed by atoms with E-state index < -0.39 is 192 Å². The number of nitrogens with zero attached hydrogens (tertiary/aromatic N) is 4. The predicted molar refractivity (Wildman–Crippen MR) is 439 cm³/mol. The molecule has 41 heteroatoms. The number of benzene rings is 2. The molecule has 0 bridgehead atoms. The first-order chi connectivity index (χ1) is 56.8. The van der Waals surface area contributed by atoms with Crippen molar-refractivity contribution in [1.82, 2.24) is 73.6 Å². The SMILES string of the molecule is CC[C@H](C)[C@H](NC(=O)[C@H](Cc1ccc(O)cc1)NC(=O)[C@@H]1CCCN1C(=O)[C@H](CCCN=C(N)N)NC(=O)[C@H](CCCN=C(N)N)NC(=O)[C@@H]1CCCN1C(=O)[C@H](CCCCN)NC(=O)[C@H](CC(N)=O)NC(=O)[C@H](CCC(=O)O)NC(=O)[C@H](Cc1ccc(O)cc1)NC(=O)[C@H](CC(C)C)NC(=O)[C@@H]1CCC(=O)N1)C(=O)N[C@@H](CC(C)C)C(=O)NC. The monoisotopic (exact) mass is 1680 g/mol. The van der Waals surface area contributed by atoms with Crippen LogP contribution in [0.15, 0.2) is 58.5 Å². The van der Waals surface area contributed by atoms with E-state index in [1.807, 2.05) is 20.8 Å². The highest BCUT2D eigenvalue weighted by Gasteiger charge is 2.44. The van der Waals surface area contributed by atoms with Gasteiger partial charge in [0.1, 0.15) is 90.0 Å². The molecule has 0 unspecified atom stereocenters. The number of aromatic hydroxyl groups is 2. The number of hydrogen-bond acceptors (Lipinski definition) is 21. The van der Waals surface area contributed by atoms with Crippen LogP contribution in [0.2, 0.25) is 0 Å². The zero-order valence-corrected chi connectivity index (χ0v) is 69.4. The first-order valence-corrected chi connectivity index (χ1v) is 40.9. The number of hydrogen-bond donors (Lipinski definition) is 21. The summed E-state index contributed by atoms with van der Waals surface area (Å²) in [5.74, 6) is -15.4. The molecule has 5 rings (SSSR count). The Kier molecular flexibility index (Phi) is 40.6. The largest absolute Gasteiger partial charge is 0.508 e. The van der Waals surface area contributed by atoms with Crippen molar-refractivity contribution in [3.05, 3.63) is 59.7 Å². The zero-order valence-electron chi connectivity index (χ0n) is 69.4. The van der Waals surface area contributed by atoms with Crippen LogP contribution in [0.3, 0.4) is 0 Å². The number of carboxylic acid groups (broad SMARTS) is 1. The van der Waals surface area contributed by atoms with Crippen molar-refractivity contribution in [2.45, 2.75) is 255 Å². The summed E-state index contributed by atoms with van der Waals surface area (Å²) in [5.41, 5.74) is 35.0. The van der Waals surface area contributed by atoms with Crippen LogP contribution in [0.25, 0.3) is 0 Å². The summed E-state index contributed by atoms with van der Waals surface area (Å²) in [6.45, 7) is 10.8. The standard InChI is InChI=1S/C79H124N22O19/c1-8-44(6)64(75(118)98-54(37-42(2)3)65(108)86-7)99-72(115)57(40-46-22-26-48(103)27-23-46)97-74(117)60-19-14-36-101(60)77(120)53(17-12-34-88-79(84)85)92-66(109)49(16-11-33-87-78(82)83)91-73(116)59-18-13-35-100(59)76(119)52(15-9-10-32-80)93-71(114)58(41-61(81)104)96-68(111)51(29-31-63(106)107)90-70(113)56(39-45-20-24-47(102)25-21-45)95-69(112)55(38-43(4)5)94-67(110)50-28-30-62(105)89-50/h20-27,42-44,49-60,64,102-103H,8-19,28-41,80H2,1-7H3,(H2,81,104)(H,86,108)(H,89,105)(H,90,113)(H,91,116)(H,92,109)(H,93,114)(H,94,110)(H,95,112)(H,96,111)(H,97,117)(H,98,118)(H,99,115)(H,106,107)(H4,82,83,87)(H4,84,85,88)/t44-,49-,50-,51-,52-,53-,54-,55-,56-,57-,58-,59-,60-,64-/m0/s1. The lowest BCUT2D eigenvalue weighted by molar-refractivity contribution is -0.144. The average Bonchev–Trinajstić information content (AvgIpc) is 1.62. The van der Waals surface area contributed by atoms with Crippen molar-refractivity contribution in [3.8, 4) is 11.5 Å². The van der Waals surface area contributed by atoms with E-state index in [2.05, 4.69) is 73.8 Å². The second kappa shape index (κ2) is 49.4. The quantitative estimate of drug-likeness (QED) is 0.0170. The molecule has 2 aromatic rings. The van der Waals surface area contributed by atoms with Crippen LogP contribution in [0.4, 0.5) is 0 Å². The van der Waals surface area contributed by atoms with Crippen molar-refractivity contribution in [3.63, 3.8) is 0 Å². The number of phenols is 2. The molecule has 120 heavy (non-hydrogen) atoms. The lowest BCUT2D eigenvalue weighted by Gasteiger charge is -2.32. The summed E-state index contributed by atoms with van der Waals surface area (Å²) in [6.07, 6.45) is -1.06. The number of likely N-dealkylation sites (N-methyl/N-ethyl adjacent to an activating group) is 1. The van der Waals surface area contributed by atoms with E-state index >= 15 is 9.59 Å². The Morgan fingerprint density at radius 1 is 0.483 bits per heavy atom. The summed E-state index contributed by atoms with van der Waals surface area (Å²) >= 11 is 0. The van der Waals surface area contributed by atoms with Gasteiger partial charge in [0.25, 0.3) is 0 Å². The number of nitrogens with two attached hydrogens (primary N) is 6. The fourth-order valence-corrected chi connectivity index (χ4v) is 14.2. The topological polar surface area (TPSA) is 665 Å². The van der Waals surface area contributed by atoms with Crippen molar-refractivity contribution >= 4 is 106 Å². The Hall–Kier alpha value is -11.9. The van der Waals surface area contributed by atoms with Crippen molar-refractivity contribution in [2.24, 2.45) is 62.1 Å². The van der Waals surface area contributed by atoms with Gasteiger partial charge in [-0.2, -0.15) is 0 Å². The molecule has 3 fully saturated rings. The lowest BCUT2D eigenvalue weighted by Crippen LogP contribution is -2.61. The number of amides is 15. The normalized spacial score (nSPS) is 17.7. The van der Waals surface area contributed by atoms with Gasteiger partial charge < -0.3 is 123 Å². The zero-order chi connectivity index (χ0) is 89.0. The third kappa shape index (κ3) is 32.8. The molecular formula is C79H124N22O19. The molecule has 3 aliphatic rings. The molecule has 0 saturated carbocycles.